The number of anilines is 1. The van der Waals surface area contributed by atoms with E-state index in [0.717, 1.165) is 16.5 Å². The summed E-state index contributed by atoms with van der Waals surface area (Å²) in [6, 6.07) is 4.66. The third-order valence-electron chi connectivity index (χ3n) is 4.61. The zero-order valence-corrected chi connectivity index (χ0v) is 22.3. The summed E-state index contributed by atoms with van der Waals surface area (Å²) in [6.07, 6.45) is 0.803. The molecule has 11 heteroatoms. The minimum Gasteiger partial charge on any atom is -0.444 e. The molecule has 2 heterocycles. The first-order chi connectivity index (χ1) is 16.7. The molecular weight excluding hydrogens is 484 g/mol. The van der Waals surface area contributed by atoms with Gasteiger partial charge >= 0.3 is 12.2 Å². The zero-order valence-electron chi connectivity index (χ0n) is 21.5. The first kappa shape index (κ1) is 27.0. The summed E-state index contributed by atoms with van der Waals surface area (Å²) >= 11 is 1.26. The van der Waals surface area contributed by atoms with Crippen LogP contribution in [0.3, 0.4) is 0 Å². The molecular formula is C25H32N4O6S. The van der Waals surface area contributed by atoms with Crippen molar-refractivity contribution in [2.75, 3.05) is 5.32 Å². The molecule has 0 spiro atoms. The number of carbonyl (C=O) groups is 3. The van der Waals surface area contributed by atoms with E-state index in [4.69, 9.17) is 14.2 Å². The van der Waals surface area contributed by atoms with Gasteiger partial charge in [0.15, 0.2) is 5.13 Å². The number of thiazole rings is 1. The van der Waals surface area contributed by atoms with Gasteiger partial charge in [-0.05, 0) is 65.3 Å². The number of benzene rings is 1. The Hall–Kier alpha value is -3.60. The van der Waals surface area contributed by atoms with Crippen molar-refractivity contribution in [1.82, 2.24) is 15.3 Å². The number of rotatable bonds is 6. The molecule has 10 nitrogen and oxygen atoms in total. The molecule has 1 atom stereocenters. The summed E-state index contributed by atoms with van der Waals surface area (Å²) in [5.74, 6) is 0.0950. The fourth-order valence-electron chi connectivity index (χ4n) is 3.31. The Labute approximate surface area is 213 Å². The number of hydrogen-bond donors (Lipinski definition) is 3. The van der Waals surface area contributed by atoms with Crippen molar-refractivity contribution >= 4 is 45.5 Å². The average molecular weight is 517 g/mol. The third kappa shape index (κ3) is 7.98. The lowest BCUT2D eigenvalue weighted by Gasteiger charge is -2.23. The van der Waals surface area contributed by atoms with Crippen LogP contribution in [0.1, 0.15) is 65.8 Å². The first-order valence-corrected chi connectivity index (χ1v) is 12.3. The van der Waals surface area contributed by atoms with Crippen molar-refractivity contribution in [1.29, 1.82) is 0 Å². The zero-order chi connectivity index (χ0) is 26.7. The van der Waals surface area contributed by atoms with Crippen LogP contribution in [0.4, 0.5) is 14.7 Å². The maximum Gasteiger partial charge on any atom is 0.514 e. The highest BCUT2D eigenvalue weighted by Gasteiger charge is 2.24. The molecule has 0 saturated carbocycles. The number of H-pyrrole nitrogens is 1. The molecule has 3 aromatic rings. The number of alkyl carbamates (subject to hydrolysis) is 1. The van der Waals surface area contributed by atoms with Gasteiger partial charge in [-0.3, -0.25) is 4.79 Å². The standard InChI is InChI=1S/C25H32N4O6S/c1-14(30)27-21-28-20(13-36-21)19(29-22(31)34-24(2,3)4)10-15-12-26-18-9-8-16(11-17(15)18)33-23(32)35-25(5,6)7/h8-9,11-13,19,26H,10H2,1-7H3,(H,29,31)(H,27,28,30). The normalized spacial score (nSPS) is 12.6. The van der Waals surface area contributed by atoms with Gasteiger partial charge in [-0.15, -0.1) is 11.3 Å². The van der Waals surface area contributed by atoms with Crippen LogP contribution in [-0.4, -0.2) is 39.3 Å². The van der Waals surface area contributed by atoms with Gasteiger partial charge in [0.25, 0.3) is 0 Å². The number of ether oxygens (including phenoxy) is 3. The summed E-state index contributed by atoms with van der Waals surface area (Å²) in [4.78, 5) is 43.8. The van der Waals surface area contributed by atoms with Crippen LogP contribution in [0.2, 0.25) is 0 Å². The Balaban J connectivity index is 1.87. The molecule has 0 radical (unpaired) electrons. The number of aromatic amines is 1. The van der Waals surface area contributed by atoms with Gasteiger partial charge in [-0.25, -0.2) is 14.6 Å². The van der Waals surface area contributed by atoms with Crippen LogP contribution in [0.25, 0.3) is 10.9 Å². The van der Waals surface area contributed by atoms with Gasteiger partial charge in [0.2, 0.25) is 5.91 Å². The van der Waals surface area contributed by atoms with Crippen LogP contribution in [-0.2, 0) is 20.7 Å². The first-order valence-electron chi connectivity index (χ1n) is 11.4. The van der Waals surface area contributed by atoms with Crippen molar-refractivity contribution in [3.8, 4) is 5.75 Å². The predicted molar refractivity (Wildman–Crippen MR) is 137 cm³/mol. The minimum atomic E-state index is -0.795. The highest BCUT2D eigenvalue weighted by atomic mass is 32.1. The van der Waals surface area contributed by atoms with E-state index in [-0.39, 0.29) is 5.91 Å². The van der Waals surface area contributed by atoms with Gasteiger partial charge in [0.1, 0.15) is 17.0 Å². The fraction of sp³-hybridized carbons (Fsp3) is 0.440. The number of hydrogen-bond acceptors (Lipinski definition) is 8. The van der Waals surface area contributed by atoms with E-state index in [2.05, 4.69) is 20.6 Å². The van der Waals surface area contributed by atoms with Gasteiger partial charge in [-0.1, -0.05) is 0 Å². The highest BCUT2D eigenvalue weighted by molar-refractivity contribution is 7.13. The summed E-state index contributed by atoms with van der Waals surface area (Å²) in [5, 5.41) is 8.56. The maximum atomic E-state index is 12.6. The molecule has 0 aliphatic heterocycles. The number of amides is 2. The molecule has 3 rings (SSSR count). The summed E-state index contributed by atoms with van der Waals surface area (Å²) in [5.41, 5.74) is 0.909. The second-order valence-electron chi connectivity index (χ2n) is 10.2. The van der Waals surface area contributed by atoms with Crippen molar-refractivity contribution in [3.05, 3.63) is 41.0 Å². The van der Waals surface area contributed by atoms with Crippen molar-refractivity contribution in [3.63, 3.8) is 0 Å². The van der Waals surface area contributed by atoms with E-state index in [1.807, 2.05) is 6.20 Å². The van der Waals surface area contributed by atoms with E-state index in [1.165, 1.54) is 18.3 Å². The lowest BCUT2D eigenvalue weighted by molar-refractivity contribution is -0.114. The number of aromatic nitrogens is 2. The molecule has 0 aliphatic carbocycles. The lowest BCUT2D eigenvalue weighted by Crippen LogP contribution is -2.36. The molecule has 0 saturated heterocycles. The SMILES string of the molecule is CC(=O)Nc1nc(C(Cc2c[nH]c3ccc(OC(=O)OC(C)(C)C)cc23)NC(=O)OC(C)(C)C)cs1. The average Bonchev–Trinajstić information content (AvgIpc) is 3.31. The molecule has 1 aromatic carbocycles. The summed E-state index contributed by atoms with van der Waals surface area (Å²) in [6.45, 7) is 12.0. The molecule has 1 unspecified atom stereocenters. The van der Waals surface area contributed by atoms with E-state index in [1.54, 1.807) is 65.1 Å². The molecule has 2 aromatic heterocycles. The van der Waals surface area contributed by atoms with Crippen molar-refractivity contribution in [2.24, 2.45) is 0 Å². The Morgan fingerprint density at radius 1 is 1.08 bits per heavy atom. The molecule has 3 N–H and O–H groups in total. The topological polar surface area (TPSA) is 132 Å². The fourth-order valence-corrected chi connectivity index (χ4v) is 4.12. The highest BCUT2D eigenvalue weighted by Crippen LogP contribution is 2.30. The number of fused-ring (bicyclic) bond motifs is 1. The van der Waals surface area contributed by atoms with Gasteiger partial charge in [-0.2, -0.15) is 0 Å². The lowest BCUT2D eigenvalue weighted by atomic mass is 10.0. The molecule has 194 valence electrons. The van der Waals surface area contributed by atoms with Crippen LogP contribution in [0.5, 0.6) is 5.75 Å². The van der Waals surface area contributed by atoms with Crippen LogP contribution >= 0.6 is 11.3 Å². The van der Waals surface area contributed by atoms with Crippen molar-refractivity contribution in [2.45, 2.75) is 72.1 Å². The smallest absolute Gasteiger partial charge is 0.444 e. The van der Waals surface area contributed by atoms with E-state index >= 15 is 0 Å². The molecule has 0 fully saturated rings. The van der Waals surface area contributed by atoms with E-state index in [0.29, 0.717) is 23.0 Å². The third-order valence-corrected chi connectivity index (χ3v) is 5.38. The molecule has 36 heavy (non-hydrogen) atoms. The second-order valence-corrected chi connectivity index (χ2v) is 11.1. The van der Waals surface area contributed by atoms with E-state index < -0.39 is 29.5 Å². The van der Waals surface area contributed by atoms with Gasteiger partial charge in [0.05, 0.1) is 11.7 Å². The monoisotopic (exact) mass is 516 g/mol. The number of carbonyl (C=O) groups excluding carboxylic acids is 3. The van der Waals surface area contributed by atoms with Crippen molar-refractivity contribution < 1.29 is 28.6 Å². The largest absolute Gasteiger partial charge is 0.514 e. The number of nitrogens with zero attached hydrogens (tertiary/aromatic N) is 1. The Kier molecular flexibility index (Phi) is 7.92. The Morgan fingerprint density at radius 3 is 2.42 bits per heavy atom. The Bertz CT molecular complexity index is 1250. The predicted octanol–water partition coefficient (Wildman–Crippen LogP) is 5.71. The Morgan fingerprint density at radius 2 is 1.78 bits per heavy atom. The van der Waals surface area contributed by atoms with Crippen LogP contribution < -0.4 is 15.4 Å². The molecule has 2 amide bonds. The second kappa shape index (κ2) is 10.6. The maximum absolute atomic E-state index is 12.6. The van der Waals surface area contributed by atoms with Gasteiger partial charge < -0.3 is 29.8 Å². The molecule has 0 aliphatic rings. The molecule has 0 bridgehead atoms. The van der Waals surface area contributed by atoms with E-state index in [9.17, 15) is 14.4 Å². The van der Waals surface area contributed by atoms with Gasteiger partial charge in [0, 0.05) is 35.8 Å². The quantitative estimate of drug-likeness (QED) is 0.283. The van der Waals surface area contributed by atoms with Crippen LogP contribution in [0, 0.1) is 0 Å². The van der Waals surface area contributed by atoms with Crippen LogP contribution in [0.15, 0.2) is 29.8 Å². The number of nitrogens with one attached hydrogen (secondary N) is 3. The summed E-state index contributed by atoms with van der Waals surface area (Å²) < 4.78 is 16.0. The summed E-state index contributed by atoms with van der Waals surface area (Å²) in [7, 11) is 0. The minimum absolute atomic E-state index is 0.235.